The van der Waals surface area contributed by atoms with Gasteiger partial charge >= 0.3 is 0 Å². The Balaban J connectivity index is 1.49. The van der Waals surface area contributed by atoms with Crippen LogP contribution < -0.4 is 0 Å². The standard InChI is InChI=1S/C12H20N4O/c1-10-13-12(17-14-10)4-6-15-7-8-16-5-2-3-11(16)9-15/h11H,2-9H2,1H3. The molecule has 0 saturated carbocycles. The molecule has 1 atom stereocenters. The quantitative estimate of drug-likeness (QED) is 0.773. The average molecular weight is 236 g/mol. The van der Waals surface area contributed by atoms with Crippen molar-refractivity contribution < 1.29 is 4.52 Å². The van der Waals surface area contributed by atoms with E-state index in [9.17, 15) is 0 Å². The first-order chi connectivity index (χ1) is 8.31. The van der Waals surface area contributed by atoms with Gasteiger partial charge in [-0.3, -0.25) is 9.80 Å². The van der Waals surface area contributed by atoms with Crippen molar-refractivity contribution in [2.24, 2.45) is 0 Å². The summed E-state index contributed by atoms with van der Waals surface area (Å²) >= 11 is 0. The van der Waals surface area contributed by atoms with E-state index in [-0.39, 0.29) is 0 Å². The van der Waals surface area contributed by atoms with Crippen molar-refractivity contribution in [3.63, 3.8) is 0 Å². The van der Waals surface area contributed by atoms with Crippen molar-refractivity contribution in [2.75, 3.05) is 32.7 Å². The molecule has 2 aliphatic rings. The Morgan fingerprint density at radius 1 is 1.35 bits per heavy atom. The second kappa shape index (κ2) is 4.74. The number of nitrogens with zero attached hydrogens (tertiary/aromatic N) is 4. The third-order valence-corrected chi connectivity index (χ3v) is 3.88. The molecule has 0 aromatic carbocycles. The Morgan fingerprint density at radius 2 is 2.29 bits per heavy atom. The van der Waals surface area contributed by atoms with Crippen molar-refractivity contribution in [3.05, 3.63) is 11.7 Å². The average Bonchev–Trinajstić information content (AvgIpc) is 2.94. The summed E-state index contributed by atoms with van der Waals surface area (Å²) in [6.45, 7) is 7.85. The molecule has 1 unspecified atom stereocenters. The minimum absolute atomic E-state index is 0.737. The van der Waals surface area contributed by atoms with Crippen molar-refractivity contribution in [2.45, 2.75) is 32.2 Å². The van der Waals surface area contributed by atoms with E-state index in [1.54, 1.807) is 0 Å². The molecule has 2 fully saturated rings. The normalized spacial score (nSPS) is 26.3. The zero-order chi connectivity index (χ0) is 11.7. The van der Waals surface area contributed by atoms with Crippen molar-refractivity contribution in [1.29, 1.82) is 0 Å². The summed E-state index contributed by atoms with van der Waals surface area (Å²) < 4.78 is 5.14. The van der Waals surface area contributed by atoms with E-state index < -0.39 is 0 Å². The number of aryl methyl sites for hydroxylation is 1. The molecule has 0 radical (unpaired) electrons. The predicted octanol–water partition coefficient (Wildman–Crippen LogP) is 0.701. The molecule has 0 spiro atoms. The molecule has 0 N–H and O–H groups in total. The van der Waals surface area contributed by atoms with Crippen molar-refractivity contribution in [1.82, 2.24) is 19.9 Å². The Bertz CT molecular complexity index is 378. The fourth-order valence-electron chi connectivity index (χ4n) is 2.95. The molecule has 5 heteroatoms. The Labute approximate surface area is 102 Å². The van der Waals surface area contributed by atoms with Gasteiger partial charge in [0.05, 0.1) is 0 Å². The molecule has 2 saturated heterocycles. The van der Waals surface area contributed by atoms with Gasteiger partial charge in [0, 0.05) is 38.6 Å². The van der Waals surface area contributed by atoms with Crippen LogP contribution in [-0.4, -0.2) is 58.7 Å². The highest BCUT2D eigenvalue weighted by atomic mass is 16.5. The Kier molecular flexibility index (Phi) is 3.11. The molecule has 0 aliphatic carbocycles. The fraction of sp³-hybridized carbons (Fsp3) is 0.833. The first kappa shape index (κ1) is 11.2. The third-order valence-electron chi connectivity index (χ3n) is 3.88. The number of aromatic nitrogens is 2. The monoisotopic (exact) mass is 236 g/mol. The smallest absolute Gasteiger partial charge is 0.227 e. The zero-order valence-electron chi connectivity index (χ0n) is 10.4. The van der Waals surface area contributed by atoms with E-state index >= 15 is 0 Å². The number of piperazine rings is 1. The highest BCUT2D eigenvalue weighted by Gasteiger charge is 2.30. The lowest BCUT2D eigenvalue weighted by Gasteiger charge is -2.37. The lowest BCUT2D eigenvalue weighted by molar-refractivity contribution is 0.104. The van der Waals surface area contributed by atoms with Crippen LogP contribution in [-0.2, 0) is 6.42 Å². The summed E-state index contributed by atoms with van der Waals surface area (Å²) in [6, 6.07) is 0.799. The molecule has 3 rings (SSSR count). The van der Waals surface area contributed by atoms with Gasteiger partial charge in [-0.2, -0.15) is 4.98 Å². The lowest BCUT2D eigenvalue weighted by atomic mass is 10.1. The molecule has 5 nitrogen and oxygen atoms in total. The highest BCUT2D eigenvalue weighted by Crippen LogP contribution is 2.21. The maximum Gasteiger partial charge on any atom is 0.227 e. The molecule has 0 amide bonds. The van der Waals surface area contributed by atoms with Crippen LogP contribution in [0.1, 0.15) is 24.6 Å². The van der Waals surface area contributed by atoms with Gasteiger partial charge in [0.15, 0.2) is 5.82 Å². The minimum Gasteiger partial charge on any atom is -0.339 e. The van der Waals surface area contributed by atoms with Crippen LogP contribution >= 0.6 is 0 Å². The van der Waals surface area contributed by atoms with Crippen LogP contribution in [0.25, 0.3) is 0 Å². The van der Waals surface area contributed by atoms with E-state index in [0.717, 1.165) is 30.7 Å². The summed E-state index contributed by atoms with van der Waals surface area (Å²) in [5, 5.41) is 3.82. The fourth-order valence-corrected chi connectivity index (χ4v) is 2.95. The largest absolute Gasteiger partial charge is 0.339 e. The highest BCUT2D eigenvalue weighted by molar-refractivity contribution is 4.89. The van der Waals surface area contributed by atoms with E-state index in [2.05, 4.69) is 19.9 Å². The zero-order valence-corrected chi connectivity index (χ0v) is 10.4. The van der Waals surface area contributed by atoms with Gasteiger partial charge < -0.3 is 4.52 Å². The molecule has 1 aromatic heterocycles. The van der Waals surface area contributed by atoms with Gasteiger partial charge in [-0.25, -0.2) is 0 Å². The summed E-state index contributed by atoms with van der Waals surface area (Å²) in [5.74, 6) is 1.51. The van der Waals surface area contributed by atoms with Crippen LogP contribution in [0, 0.1) is 6.92 Å². The molecule has 94 valence electrons. The van der Waals surface area contributed by atoms with Crippen molar-refractivity contribution >= 4 is 0 Å². The first-order valence-corrected chi connectivity index (χ1v) is 6.57. The van der Waals surface area contributed by atoms with E-state index in [0.29, 0.717) is 0 Å². The maximum atomic E-state index is 5.14. The second-order valence-electron chi connectivity index (χ2n) is 5.12. The topological polar surface area (TPSA) is 45.4 Å². The Hall–Kier alpha value is -0.940. The summed E-state index contributed by atoms with van der Waals surface area (Å²) in [6.07, 6.45) is 3.63. The summed E-state index contributed by atoms with van der Waals surface area (Å²) in [7, 11) is 0. The number of fused-ring (bicyclic) bond motifs is 1. The lowest BCUT2D eigenvalue weighted by Crippen LogP contribution is -2.50. The first-order valence-electron chi connectivity index (χ1n) is 6.57. The van der Waals surface area contributed by atoms with E-state index in [4.69, 9.17) is 4.52 Å². The number of rotatable bonds is 3. The molecule has 0 bridgehead atoms. The van der Waals surface area contributed by atoms with Crippen LogP contribution in [0.5, 0.6) is 0 Å². The van der Waals surface area contributed by atoms with Crippen LogP contribution in [0.2, 0.25) is 0 Å². The summed E-state index contributed by atoms with van der Waals surface area (Å²) in [5.41, 5.74) is 0. The minimum atomic E-state index is 0.737. The van der Waals surface area contributed by atoms with Gasteiger partial charge in [-0.15, -0.1) is 0 Å². The molecule has 17 heavy (non-hydrogen) atoms. The molecule has 2 aliphatic heterocycles. The molecular weight excluding hydrogens is 216 g/mol. The van der Waals surface area contributed by atoms with E-state index in [1.165, 1.54) is 39.0 Å². The van der Waals surface area contributed by atoms with Gasteiger partial charge in [0.1, 0.15) is 0 Å². The number of hydrogen-bond donors (Lipinski definition) is 0. The number of hydrogen-bond acceptors (Lipinski definition) is 5. The van der Waals surface area contributed by atoms with Crippen LogP contribution in [0.15, 0.2) is 4.52 Å². The van der Waals surface area contributed by atoms with Gasteiger partial charge in [-0.05, 0) is 26.3 Å². The Morgan fingerprint density at radius 3 is 3.12 bits per heavy atom. The third kappa shape index (κ3) is 2.50. The predicted molar refractivity (Wildman–Crippen MR) is 63.8 cm³/mol. The second-order valence-corrected chi connectivity index (χ2v) is 5.12. The van der Waals surface area contributed by atoms with Crippen LogP contribution in [0.4, 0.5) is 0 Å². The SMILES string of the molecule is Cc1noc(CCN2CCN3CCCC3C2)n1. The van der Waals surface area contributed by atoms with E-state index in [1.807, 2.05) is 6.92 Å². The van der Waals surface area contributed by atoms with Gasteiger partial charge in [0.2, 0.25) is 5.89 Å². The maximum absolute atomic E-state index is 5.14. The summed E-state index contributed by atoms with van der Waals surface area (Å²) in [4.78, 5) is 9.41. The van der Waals surface area contributed by atoms with Crippen molar-refractivity contribution in [3.8, 4) is 0 Å². The molecule has 3 heterocycles. The molecule has 1 aromatic rings. The molecular formula is C12H20N4O. The van der Waals surface area contributed by atoms with Crippen LogP contribution in [0.3, 0.4) is 0 Å². The van der Waals surface area contributed by atoms with Gasteiger partial charge in [-0.1, -0.05) is 5.16 Å². The van der Waals surface area contributed by atoms with Gasteiger partial charge in [0.25, 0.3) is 0 Å².